The number of aromatic nitrogens is 3. The van der Waals surface area contributed by atoms with Crippen LogP contribution >= 0.6 is 0 Å². The molecule has 2 aliphatic rings. The number of benzene rings is 1. The minimum atomic E-state index is -3.99. The number of nitrogens with one attached hydrogen (secondary N) is 2. The summed E-state index contributed by atoms with van der Waals surface area (Å²) in [5, 5.41) is 19.6. The molecule has 5 rings (SSSR count). The van der Waals surface area contributed by atoms with E-state index in [1.165, 1.54) is 31.4 Å². The first-order chi connectivity index (χ1) is 20.0. The zero-order chi connectivity index (χ0) is 30.3. The fourth-order valence-corrected chi connectivity index (χ4v) is 6.42. The summed E-state index contributed by atoms with van der Waals surface area (Å²) < 4.78 is 53.6. The van der Waals surface area contributed by atoms with E-state index in [1.54, 1.807) is 13.0 Å². The second-order valence-corrected chi connectivity index (χ2v) is 12.4. The number of sulfonamides is 1. The van der Waals surface area contributed by atoms with E-state index in [0.29, 0.717) is 36.6 Å². The van der Waals surface area contributed by atoms with Crippen LogP contribution in [-0.2, 0) is 33.1 Å². The van der Waals surface area contributed by atoms with E-state index < -0.39 is 43.6 Å². The Morgan fingerprint density at radius 1 is 1.21 bits per heavy atom. The van der Waals surface area contributed by atoms with Crippen LogP contribution in [0.3, 0.4) is 0 Å². The number of ether oxygens (including phenoxy) is 2. The first-order valence-corrected chi connectivity index (χ1v) is 14.6. The van der Waals surface area contributed by atoms with Crippen LogP contribution in [0, 0.1) is 17.1 Å². The van der Waals surface area contributed by atoms with Crippen LogP contribution in [0.4, 0.5) is 4.39 Å². The van der Waals surface area contributed by atoms with Gasteiger partial charge in [-0.15, -0.1) is 5.10 Å². The number of carbonyl (C=O) groups is 2. The van der Waals surface area contributed by atoms with Crippen LogP contribution in [0.5, 0.6) is 5.88 Å². The summed E-state index contributed by atoms with van der Waals surface area (Å²) in [4.78, 5) is 38.3. The first-order valence-electron chi connectivity index (χ1n) is 13.1. The largest absolute Gasteiger partial charge is 0.473 e. The van der Waals surface area contributed by atoms with Gasteiger partial charge in [0.1, 0.15) is 39.9 Å². The van der Waals surface area contributed by atoms with Gasteiger partial charge in [-0.3, -0.25) is 14.4 Å². The van der Waals surface area contributed by atoms with Crippen molar-refractivity contribution in [2.75, 3.05) is 13.2 Å². The quantitative estimate of drug-likeness (QED) is 0.304. The molecule has 13 nitrogen and oxygen atoms in total. The maximum Gasteiger partial charge on any atom is 0.327 e. The van der Waals surface area contributed by atoms with Crippen LogP contribution in [-0.4, -0.2) is 58.6 Å². The number of hydrogen-bond acceptors (Lipinski definition) is 10. The Morgan fingerprint density at radius 2 is 1.95 bits per heavy atom. The highest BCUT2D eigenvalue weighted by atomic mass is 32.2. The Morgan fingerprint density at radius 3 is 2.57 bits per heavy atom. The van der Waals surface area contributed by atoms with Crippen molar-refractivity contribution < 1.29 is 31.9 Å². The van der Waals surface area contributed by atoms with E-state index >= 15 is 0 Å². The molecule has 42 heavy (non-hydrogen) atoms. The highest BCUT2D eigenvalue weighted by Crippen LogP contribution is 2.47. The van der Waals surface area contributed by atoms with Crippen LogP contribution in [0.25, 0.3) is 10.9 Å². The summed E-state index contributed by atoms with van der Waals surface area (Å²) in [6.07, 6.45) is 2.62. The molecule has 0 bridgehead atoms. The fourth-order valence-electron chi connectivity index (χ4n) is 4.55. The lowest BCUT2D eigenvalue weighted by molar-refractivity contribution is -0.146. The van der Waals surface area contributed by atoms with Gasteiger partial charge in [0.25, 0.3) is 17.3 Å². The molecular formula is C27H27FN6O7S. The van der Waals surface area contributed by atoms with Crippen molar-refractivity contribution in [1.29, 1.82) is 5.26 Å². The number of carbonyl (C=O) groups excluding carboxylic acids is 2. The molecule has 0 unspecified atom stereocenters. The topological polar surface area (TPSA) is 182 Å². The maximum atomic E-state index is 13.9. The Balaban J connectivity index is 1.33. The molecule has 2 aliphatic carbocycles. The van der Waals surface area contributed by atoms with Crippen molar-refractivity contribution in [3.8, 4) is 11.9 Å². The molecule has 15 heteroatoms. The number of amides is 1. The van der Waals surface area contributed by atoms with Gasteiger partial charge in [-0.2, -0.15) is 15.1 Å². The fraction of sp³-hybridized carbons (Fsp3) is 0.407. The normalized spacial score (nSPS) is 16.3. The standard InChI is InChI=1S/C27H27FN6O7S/c1-3-40-25(37)27(8-9-27)33-42(38,39)26(6-7-26)15-41-23-21-18(14-31-32-23)11-19(24(36)34(21)2)22(35)30-13-16-4-5-17(12-29)20(28)10-16/h4-5,10-11,14,33H,3,6-9,13,15H2,1-2H3,(H,30,35). The average molecular weight is 599 g/mol. The first kappa shape index (κ1) is 29.1. The Hall–Kier alpha value is -4.42. The number of nitrogens with zero attached hydrogens (tertiary/aromatic N) is 4. The molecule has 1 amide bonds. The van der Waals surface area contributed by atoms with Crippen LogP contribution in [0.15, 0.2) is 35.3 Å². The summed E-state index contributed by atoms with van der Waals surface area (Å²) in [6, 6.07) is 6.94. The van der Waals surface area contributed by atoms with Gasteiger partial charge in [0.05, 0.1) is 18.4 Å². The van der Waals surface area contributed by atoms with Gasteiger partial charge in [0, 0.05) is 19.0 Å². The summed E-state index contributed by atoms with van der Waals surface area (Å²) in [5.41, 5.74) is -1.67. The van der Waals surface area contributed by atoms with Crippen molar-refractivity contribution in [3.05, 3.63) is 63.3 Å². The predicted octanol–water partition coefficient (Wildman–Crippen LogP) is 1.20. The monoisotopic (exact) mass is 598 g/mol. The van der Waals surface area contributed by atoms with E-state index in [0.717, 1.165) is 10.6 Å². The van der Waals surface area contributed by atoms with Crippen molar-refractivity contribution in [2.24, 2.45) is 7.05 Å². The van der Waals surface area contributed by atoms with Gasteiger partial charge in [0.15, 0.2) is 0 Å². The van der Waals surface area contributed by atoms with Gasteiger partial charge in [-0.25, -0.2) is 12.8 Å². The lowest BCUT2D eigenvalue weighted by atomic mass is 10.1. The molecule has 0 radical (unpaired) electrons. The average Bonchev–Trinajstić information content (AvgIpc) is 3.89. The highest BCUT2D eigenvalue weighted by Gasteiger charge is 2.62. The lowest BCUT2D eigenvalue weighted by Crippen LogP contribution is -2.50. The second kappa shape index (κ2) is 10.8. The Labute approximate surface area is 239 Å². The third-order valence-corrected chi connectivity index (χ3v) is 9.76. The Bertz CT molecular complexity index is 1810. The zero-order valence-corrected chi connectivity index (χ0v) is 23.6. The van der Waals surface area contributed by atoms with Gasteiger partial charge >= 0.3 is 5.97 Å². The van der Waals surface area contributed by atoms with Crippen LogP contribution in [0.1, 0.15) is 54.1 Å². The number of aryl methyl sites for hydroxylation is 1. The molecule has 0 aliphatic heterocycles. The van der Waals surface area contributed by atoms with E-state index in [1.807, 2.05) is 0 Å². The number of nitriles is 1. The van der Waals surface area contributed by atoms with Gasteiger partial charge in [-0.1, -0.05) is 6.07 Å². The molecular weight excluding hydrogens is 571 g/mol. The summed E-state index contributed by atoms with van der Waals surface area (Å²) in [7, 11) is -2.58. The molecule has 220 valence electrons. The van der Waals surface area contributed by atoms with E-state index in [9.17, 15) is 27.2 Å². The van der Waals surface area contributed by atoms with E-state index in [4.69, 9.17) is 14.7 Å². The minimum Gasteiger partial charge on any atom is -0.473 e. The third kappa shape index (κ3) is 5.30. The molecule has 1 aromatic carbocycles. The smallest absolute Gasteiger partial charge is 0.327 e. The molecule has 2 heterocycles. The number of fused-ring (bicyclic) bond motifs is 1. The number of rotatable bonds is 11. The Kier molecular flexibility index (Phi) is 7.46. The van der Waals surface area contributed by atoms with Gasteiger partial charge in [-0.05, 0) is 56.4 Å². The predicted molar refractivity (Wildman–Crippen MR) is 145 cm³/mol. The molecule has 2 aromatic heterocycles. The third-order valence-electron chi connectivity index (χ3n) is 7.44. The molecule has 2 saturated carbocycles. The molecule has 0 atom stereocenters. The van der Waals surface area contributed by atoms with Gasteiger partial charge < -0.3 is 19.4 Å². The van der Waals surface area contributed by atoms with Crippen molar-refractivity contribution in [1.82, 2.24) is 24.8 Å². The van der Waals surface area contributed by atoms with Crippen LogP contribution < -0.4 is 20.3 Å². The zero-order valence-electron chi connectivity index (χ0n) is 22.8. The van der Waals surface area contributed by atoms with Crippen LogP contribution in [0.2, 0.25) is 0 Å². The van der Waals surface area contributed by atoms with Crippen molar-refractivity contribution >= 4 is 32.8 Å². The number of halogens is 1. The highest BCUT2D eigenvalue weighted by molar-refractivity contribution is 7.91. The molecule has 2 fully saturated rings. The maximum absolute atomic E-state index is 13.9. The summed E-state index contributed by atoms with van der Waals surface area (Å²) in [6.45, 7) is 1.39. The van der Waals surface area contributed by atoms with Gasteiger partial charge in [0.2, 0.25) is 10.0 Å². The second-order valence-electron chi connectivity index (χ2n) is 10.4. The summed E-state index contributed by atoms with van der Waals surface area (Å²) >= 11 is 0. The number of hydrogen-bond donors (Lipinski definition) is 2. The van der Waals surface area contributed by atoms with Crippen molar-refractivity contribution in [2.45, 2.75) is 49.4 Å². The summed E-state index contributed by atoms with van der Waals surface area (Å²) in [5.74, 6) is -2.14. The lowest BCUT2D eigenvalue weighted by Gasteiger charge is -2.22. The number of esters is 1. The molecule has 2 N–H and O–H groups in total. The SMILES string of the molecule is CCOC(=O)C1(NS(=O)(=O)C2(COc3nncc4cc(C(=O)NCc5ccc(C#N)c(F)c5)c(=O)n(C)c34)CC2)CC1. The molecule has 3 aromatic rings. The molecule has 0 saturated heterocycles. The minimum absolute atomic E-state index is 0.0896. The van der Waals surface area contributed by atoms with Crippen molar-refractivity contribution in [3.63, 3.8) is 0 Å². The van der Waals surface area contributed by atoms with E-state index in [-0.39, 0.29) is 42.3 Å². The van der Waals surface area contributed by atoms with E-state index in [2.05, 4.69) is 20.2 Å². The number of pyridine rings is 1. The molecule has 0 spiro atoms.